The van der Waals surface area contributed by atoms with E-state index < -0.39 is 5.54 Å². The number of nitrogens with zero attached hydrogens (tertiary/aromatic N) is 1. The zero-order valence-corrected chi connectivity index (χ0v) is 11.6. The molecule has 0 radical (unpaired) electrons. The predicted octanol–water partition coefficient (Wildman–Crippen LogP) is 2.51. The zero-order valence-electron chi connectivity index (χ0n) is 10.8. The van der Waals surface area contributed by atoms with E-state index in [-0.39, 0.29) is 17.8 Å². The number of rotatable bonds is 2. The van der Waals surface area contributed by atoms with Crippen LogP contribution in [0.15, 0.2) is 29.3 Å². The van der Waals surface area contributed by atoms with Crippen molar-refractivity contribution in [3.63, 3.8) is 0 Å². The summed E-state index contributed by atoms with van der Waals surface area (Å²) in [7, 11) is 1.72. The van der Waals surface area contributed by atoms with Gasteiger partial charge in [0.2, 0.25) is 0 Å². The van der Waals surface area contributed by atoms with E-state index in [0.29, 0.717) is 10.7 Å². The second kappa shape index (κ2) is 4.80. The Morgan fingerprint density at radius 3 is 3.00 bits per heavy atom. The average Bonchev–Trinajstić information content (AvgIpc) is 2.77. The third-order valence-electron chi connectivity index (χ3n) is 4.24. The number of halogens is 1. The molecule has 1 aromatic rings. The molecule has 1 fully saturated rings. The van der Waals surface area contributed by atoms with Gasteiger partial charge < -0.3 is 10.5 Å². The van der Waals surface area contributed by atoms with Crippen LogP contribution in [-0.2, 0) is 10.3 Å². The molecule has 102 valence electrons. The lowest BCUT2D eigenvalue weighted by molar-refractivity contribution is 0.0645. The maximum absolute atomic E-state index is 14.2. The first-order chi connectivity index (χ1) is 9.17. The van der Waals surface area contributed by atoms with Crippen molar-refractivity contribution < 1.29 is 9.13 Å². The van der Waals surface area contributed by atoms with E-state index in [1.54, 1.807) is 13.2 Å². The van der Waals surface area contributed by atoms with E-state index in [9.17, 15) is 4.39 Å². The van der Waals surface area contributed by atoms with Crippen LogP contribution in [-0.4, -0.2) is 24.1 Å². The average molecular weight is 280 g/mol. The minimum atomic E-state index is -0.540. The summed E-state index contributed by atoms with van der Waals surface area (Å²) < 4.78 is 19.8. The Labute approximate surface area is 116 Å². The van der Waals surface area contributed by atoms with Crippen LogP contribution in [0, 0.1) is 11.7 Å². The van der Waals surface area contributed by atoms with Gasteiger partial charge in [-0.25, -0.2) is 4.39 Å². The van der Waals surface area contributed by atoms with E-state index >= 15 is 0 Å². The molecule has 1 saturated carbocycles. The normalized spacial score (nSPS) is 33.9. The molecular formula is C14H17FN2OS. The number of amidine groups is 1. The first kappa shape index (κ1) is 12.9. The lowest BCUT2D eigenvalue weighted by Crippen LogP contribution is -2.41. The fourth-order valence-corrected chi connectivity index (χ4v) is 4.40. The molecule has 3 rings (SSSR count). The molecule has 3 nitrogen and oxygen atoms in total. The number of aliphatic imine (C=N–C) groups is 1. The molecule has 1 aliphatic heterocycles. The van der Waals surface area contributed by atoms with Crippen LogP contribution in [0.5, 0.6) is 0 Å². The molecule has 5 heteroatoms. The molecule has 1 heterocycles. The molecule has 0 aromatic heterocycles. The van der Waals surface area contributed by atoms with Gasteiger partial charge in [-0.2, -0.15) is 0 Å². The molecular weight excluding hydrogens is 263 g/mol. The highest BCUT2D eigenvalue weighted by Gasteiger charge is 2.52. The highest BCUT2D eigenvalue weighted by molar-refractivity contribution is 8.13. The van der Waals surface area contributed by atoms with Gasteiger partial charge in [0.15, 0.2) is 5.17 Å². The standard InChI is InChI=1S/C14H17FN2OS/c1-18-12-6-7-14(9-4-2-3-5-11(9)15)10(12)8-19-13(16)17-14/h2-5,10,12H,6-8H2,1H3,(H2,16,17). The number of thioether (sulfide) groups is 1. The van der Waals surface area contributed by atoms with E-state index in [4.69, 9.17) is 10.5 Å². The summed E-state index contributed by atoms with van der Waals surface area (Å²) in [6.07, 6.45) is 1.81. The van der Waals surface area contributed by atoms with Crippen molar-refractivity contribution in [2.24, 2.45) is 16.6 Å². The van der Waals surface area contributed by atoms with Crippen molar-refractivity contribution in [2.45, 2.75) is 24.5 Å². The third-order valence-corrected chi connectivity index (χ3v) is 5.15. The summed E-state index contributed by atoms with van der Waals surface area (Å²) in [5.41, 5.74) is 6.01. The van der Waals surface area contributed by atoms with E-state index in [0.717, 1.165) is 18.6 Å². The van der Waals surface area contributed by atoms with Crippen molar-refractivity contribution in [1.82, 2.24) is 0 Å². The van der Waals surface area contributed by atoms with Crippen molar-refractivity contribution in [2.75, 3.05) is 12.9 Å². The number of nitrogens with two attached hydrogens (primary N) is 1. The molecule has 3 atom stereocenters. The summed E-state index contributed by atoms with van der Waals surface area (Å²) in [4.78, 5) is 4.64. The molecule has 2 N–H and O–H groups in total. The molecule has 1 aliphatic carbocycles. The molecule has 19 heavy (non-hydrogen) atoms. The van der Waals surface area contributed by atoms with Crippen molar-refractivity contribution >= 4 is 16.9 Å². The van der Waals surface area contributed by atoms with E-state index in [1.807, 2.05) is 12.1 Å². The molecule has 0 saturated heterocycles. The topological polar surface area (TPSA) is 47.6 Å². The van der Waals surface area contributed by atoms with Crippen LogP contribution in [0.2, 0.25) is 0 Å². The Morgan fingerprint density at radius 1 is 1.47 bits per heavy atom. The van der Waals surface area contributed by atoms with Gasteiger partial charge in [-0.1, -0.05) is 30.0 Å². The van der Waals surface area contributed by atoms with Crippen molar-refractivity contribution in [3.05, 3.63) is 35.6 Å². The van der Waals surface area contributed by atoms with Crippen molar-refractivity contribution in [1.29, 1.82) is 0 Å². The van der Waals surface area contributed by atoms with Crippen LogP contribution in [0.25, 0.3) is 0 Å². The Morgan fingerprint density at radius 2 is 2.26 bits per heavy atom. The SMILES string of the molecule is COC1CCC2(c3ccccc3F)N=C(N)SCC12. The van der Waals surface area contributed by atoms with Gasteiger partial charge in [-0.15, -0.1) is 0 Å². The Kier molecular flexibility index (Phi) is 3.27. The second-order valence-electron chi connectivity index (χ2n) is 5.08. The minimum absolute atomic E-state index is 0.129. The van der Waals surface area contributed by atoms with Gasteiger partial charge in [0.1, 0.15) is 5.82 Å². The molecule has 2 aliphatic rings. The van der Waals surface area contributed by atoms with Crippen molar-refractivity contribution in [3.8, 4) is 0 Å². The highest BCUT2D eigenvalue weighted by atomic mass is 32.2. The fraction of sp³-hybridized carbons (Fsp3) is 0.500. The van der Waals surface area contributed by atoms with Crippen LogP contribution in [0.3, 0.4) is 0 Å². The van der Waals surface area contributed by atoms with Gasteiger partial charge in [0.25, 0.3) is 0 Å². The minimum Gasteiger partial charge on any atom is -0.381 e. The summed E-state index contributed by atoms with van der Waals surface area (Å²) in [5, 5.41) is 0.552. The van der Waals surface area contributed by atoms with Crippen LogP contribution in [0.1, 0.15) is 18.4 Å². The summed E-state index contributed by atoms with van der Waals surface area (Å²) in [5.74, 6) is 0.821. The Balaban J connectivity index is 2.13. The van der Waals surface area contributed by atoms with E-state index in [1.165, 1.54) is 17.8 Å². The van der Waals surface area contributed by atoms with Crippen LogP contribution < -0.4 is 5.73 Å². The molecule has 0 amide bonds. The zero-order chi connectivity index (χ0) is 13.5. The van der Waals surface area contributed by atoms with Crippen LogP contribution >= 0.6 is 11.8 Å². The number of hydrogen-bond donors (Lipinski definition) is 1. The maximum atomic E-state index is 14.2. The lowest BCUT2D eigenvalue weighted by atomic mass is 9.81. The van der Waals surface area contributed by atoms with Gasteiger partial charge in [0.05, 0.1) is 11.6 Å². The first-order valence-electron chi connectivity index (χ1n) is 6.43. The smallest absolute Gasteiger partial charge is 0.154 e. The first-order valence-corrected chi connectivity index (χ1v) is 7.42. The number of hydrogen-bond acceptors (Lipinski definition) is 4. The van der Waals surface area contributed by atoms with Gasteiger partial charge >= 0.3 is 0 Å². The van der Waals surface area contributed by atoms with Gasteiger partial charge in [-0.3, -0.25) is 4.99 Å². The maximum Gasteiger partial charge on any atom is 0.154 e. The summed E-state index contributed by atoms with van der Waals surface area (Å²) in [6.45, 7) is 0. The number of fused-ring (bicyclic) bond motifs is 1. The third kappa shape index (κ3) is 1.96. The van der Waals surface area contributed by atoms with Gasteiger partial charge in [-0.05, 0) is 18.9 Å². The number of methoxy groups -OCH3 is 1. The molecule has 0 bridgehead atoms. The Hall–Kier alpha value is -1.07. The highest BCUT2D eigenvalue weighted by Crippen LogP contribution is 2.52. The van der Waals surface area contributed by atoms with Crippen LogP contribution in [0.4, 0.5) is 4.39 Å². The number of ether oxygens (including phenoxy) is 1. The molecule has 3 unspecified atom stereocenters. The monoisotopic (exact) mass is 280 g/mol. The fourth-order valence-electron chi connectivity index (χ4n) is 3.33. The Bertz CT molecular complexity index is 522. The largest absolute Gasteiger partial charge is 0.381 e. The summed E-state index contributed by atoms with van der Waals surface area (Å²) in [6, 6.07) is 6.89. The lowest BCUT2D eigenvalue weighted by Gasteiger charge is -2.37. The van der Waals surface area contributed by atoms with E-state index in [2.05, 4.69) is 4.99 Å². The second-order valence-corrected chi connectivity index (χ2v) is 6.12. The quantitative estimate of drug-likeness (QED) is 0.905. The molecule has 0 spiro atoms. The predicted molar refractivity (Wildman–Crippen MR) is 75.7 cm³/mol. The molecule has 1 aromatic carbocycles. The number of benzene rings is 1. The van der Waals surface area contributed by atoms with Gasteiger partial charge in [0, 0.05) is 24.3 Å². The summed E-state index contributed by atoms with van der Waals surface area (Å²) >= 11 is 1.54.